The number of nitrogens with one attached hydrogen (secondary N) is 1. The average Bonchev–Trinajstić information content (AvgIpc) is 2.45. The Hall–Kier alpha value is -1.09. The Morgan fingerprint density at radius 1 is 1.15 bits per heavy atom. The maximum Gasteiger partial charge on any atom is 0.146 e. The number of hydrogen-bond donors (Lipinski definition) is 1. The lowest BCUT2D eigenvalue weighted by molar-refractivity contribution is 0.493. The molecule has 1 atom stereocenters. The molecule has 2 rings (SSSR count). The van der Waals surface area contributed by atoms with Crippen LogP contribution >= 0.6 is 0 Å². The molecule has 1 N–H and O–H groups in total. The number of hydrogen-bond acceptors (Lipinski definition) is 2. The van der Waals surface area contributed by atoms with Crippen molar-refractivity contribution in [2.75, 3.05) is 24.5 Å². The van der Waals surface area contributed by atoms with E-state index in [9.17, 15) is 4.39 Å². The largest absolute Gasteiger partial charge is 0.369 e. The van der Waals surface area contributed by atoms with Crippen molar-refractivity contribution in [3.63, 3.8) is 0 Å². The fourth-order valence-electron chi connectivity index (χ4n) is 2.71. The summed E-state index contributed by atoms with van der Waals surface area (Å²) in [6.45, 7) is 9.38. The molecule has 0 saturated carbocycles. The molecule has 2 nitrogen and oxygen atoms in total. The van der Waals surface area contributed by atoms with Gasteiger partial charge in [-0.1, -0.05) is 19.9 Å². The van der Waals surface area contributed by atoms with Gasteiger partial charge in [0.1, 0.15) is 5.82 Å². The van der Waals surface area contributed by atoms with Crippen LogP contribution < -0.4 is 10.2 Å². The summed E-state index contributed by atoms with van der Waals surface area (Å²) in [6, 6.07) is 5.90. The van der Waals surface area contributed by atoms with Crippen LogP contribution in [-0.4, -0.2) is 19.6 Å². The lowest BCUT2D eigenvalue weighted by atomic mass is 10.0. The van der Waals surface area contributed by atoms with Crippen LogP contribution in [0.25, 0.3) is 0 Å². The summed E-state index contributed by atoms with van der Waals surface area (Å²) in [5.41, 5.74) is 1.80. The summed E-state index contributed by atoms with van der Waals surface area (Å²) in [5, 5.41) is 3.44. The van der Waals surface area contributed by atoms with Gasteiger partial charge >= 0.3 is 0 Å². The van der Waals surface area contributed by atoms with Gasteiger partial charge in [-0.05, 0) is 56.3 Å². The molecule has 20 heavy (non-hydrogen) atoms. The monoisotopic (exact) mass is 278 g/mol. The van der Waals surface area contributed by atoms with Gasteiger partial charge in [-0.25, -0.2) is 4.39 Å². The van der Waals surface area contributed by atoms with Crippen LogP contribution in [0.1, 0.15) is 51.6 Å². The maximum atomic E-state index is 14.3. The van der Waals surface area contributed by atoms with Crippen molar-refractivity contribution in [3.05, 3.63) is 29.6 Å². The van der Waals surface area contributed by atoms with Gasteiger partial charge in [0.2, 0.25) is 0 Å². The molecule has 1 aliphatic heterocycles. The van der Waals surface area contributed by atoms with Crippen LogP contribution in [0.15, 0.2) is 18.2 Å². The van der Waals surface area contributed by atoms with Crippen molar-refractivity contribution in [1.82, 2.24) is 5.32 Å². The van der Waals surface area contributed by atoms with Crippen molar-refractivity contribution < 1.29 is 4.39 Å². The Kier molecular flexibility index (Phi) is 5.41. The van der Waals surface area contributed by atoms with Crippen molar-refractivity contribution in [1.29, 1.82) is 0 Å². The second kappa shape index (κ2) is 7.07. The Morgan fingerprint density at radius 3 is 2.45 bits per heavy atom. The number of halogens is 1. The van der Waals surface area contributed by atoms with Gasteiger partial charge in [0.25, 0.3) is 0 Å². The minimum atomic E-state index is -0.0809. The first-order chi connectivity index (χ1) is 9.58. The molecule has 1 aromatic carbocycles. The molecule has 0 amide bonds. The maximum absolute atomic E-state index is 14.3. The molecule has 1 aliphatic rings. The third-order valence-electron chi connectivity index (χ3n) is 4.00. The smallest absolute Gasteiger partial charge is 0.146 e. The standard InChI is InChI=1S/C17H27FN2/c1-13(2)12-19-14(3)15-7-8-17(16(18)11-15)20-9-5-4-6-10-20/h7-8,11,13-14,19H,4-6,9-10,12H2,1-3H3/t14-/m1/s1. The molecule has 0 unspecified atom stereocenters. The van der Waals surface area contributed by atoms with Gasteiger partial charge in [-0.2, -0.15) is 0 Å². The molecule has 0 aromatic heterocycles. The minimum absolute atomic E-state index is 0.0809. The zero-order valence-electron chi connectivity index (χ0n) is 13.0. The van der Waals surface area contributed by atoms with Crippen molar-refractivity contribution in [3.8, 4) is 0 Å². The molecule has 0 spiro atoms. The fraction of sp³-hybridized carbons (Fsp3) is 0.647. The number of anilines is 1. The number of nitrogens with zero attached hydrogens (tertiary/aromatic N) is 1. The average molecular weight is 278 g/mol. The highest BCUT2D eigenvalue weighted by Crippen LogP contribution is 2.26. The fourth-order valence-corrected chi connectivity index (χ4v) is 2.71. The van der Waals surface area contributed by atoms with E-state index in [1.54, 1.807) is 6.07 Å². The predicted molar refractivity (Wildman–Crippen MR) is 83.7 cm³/mol. The predicted octanol–water partition coefficient (Wildman–Crippen LogP) is 4.12. The van der Waals surface area contributed by atoms with Crippen molar-refractivity contribution in [2.24, 2.45) is 5.92 Å². The van der Waals surface area contributed by atoms with Crippen LogP contribution in [-0.2, 0) is 0 Å². The van der Waals surface area contributed by atoms with Crippen LogP contribution in [0, 0.1) is 11.7 Å². The van der Waals surface area contributed by atoms with Crippen molar-refractivity contribution >= 4 is 5.69 Å². The van der Waals surface area contributed by atoms with E-state index >= 15 is 0 Å². The van der Waals surface area contributed by atoms with Gasteiger partial charge in [-0.3, -0.25) is 0 Å². The lowest BCUT2D eigenvalue weighted by Crippen LogP contribution is -2.30. The van der Waals surface area contributed by atoms with E-state index in [0.717, 1.165) is 30.9 Å². The zero-order valence-corrected chi connectivity index (χ0v) is 13.0. The molecule has 1 aromatic rings. The van der Waals surface area contributed by atoms with Gasteiger partial charge in [0.15, 0.2) is 0 Å². The topological polar surface area (TPSA) is 15.3 Å². The number of benzene rings is 1. The SMILES string of the molecule is CC(C)CN[C@H](C)c1ccc(N2CCCCC2)c(F)c1. The van der Waals surface area contributed by atoms with E-state index in [2.05, 4.69) is 37.1 Å². The minimum Gasteiger partial charge on any atom is -0.369 e. The first-order valence-electron chi connectivity index (χ1n) is 7.85. The highest BCUT2D eigenvalue weighted by molar-refractivity contribution is 5.49. The molecule has 0 radical (unpaired) electrons. The van der Waals surface area contributed by atoms with Gasteiger partial charge in [0, 0.05) is 19.1 Å². The normalized spacial score (nSPS) is 17.6. The number of rotatable bonds is 5. The quantitative estimate of drug-likeness (QED) is 0.871. The third-order valence-corrected chi connectivity index (χ3v) is 4.00. The third kappa shape index (κ3) is 3.95. The van der Waals surface area contributed by atoms with E-state index in [1.165, 1.54) is 19.3 Å². The van der Waals surface area contributed by atoms with Crippen LogP contribution in [0.2, 0.25) is 0 Å². The molecule has 0 bridgehead atoms. The Balaban J connectivity index is 2.04. The molecular formula is C17H27FN2. The Bertz CT molecular complexity index is 425. The molecule has 3 heteroatoms. The summed E-state index contributed by atoms with van der Waals surface area (Å²) < 4.78 is 14.3. The summed E-state index contributed by atoms with van der Waals surface area (Å²) in [5.74, 6) is 0.525. The molecule has 1 heterocycles. The summed E-state index contributed by atoms with van der Waals surface area (Å²) in [6.07, 6.45) is 3.62. The van der Waals surface area contributed by atoms with E-state index in [0.29, 0.717) is 5.92 Å². The molecule has 1 saturated heterocycles. The van der Waals surface area contributed by atoms with E-state index in [1.807, 2.05) is 6.07 Å². The zero-order chi connectivity index (χ0) is 14.5. The first-order valence-corrected chi connectivity index (χ1v) is 7.85. The highest BCUT2D eigenvalue weighted by Gasteiger charge is 2.16. The molecule has 112 valence electrons. The summed E-state index contributed by atoms with van der Waals surface area (Å²) in [4.78, 5) is 2.18. The van der Waals surface area contributed by atoms with Crippen LogP contribution in [0.4, 0.5) is 10.1 Å². The first kappa shape index (κ1) is 15.3. The van der Waals surface area contributed by atoms with E-state index in [4.69, 9.17) is 0 Å². The second-order valence-electron chi connectivity index (χ2n) is 6.28. The molecular weight excluding hydrogens is 251 g/mol. The van der Waals surface area contributed by atoms with Crippen molar-refractivity contribution in [2.45, 2.75) is 46.1 Å². The van der Waals surface area contributed by atoms with Crippen LogP contribution in [0.5, 0.6) is 0 Å². The number of piperidine rings is 1. The molecule has 0 aliphatic carbocycles. The summed E-state index contributed by atoms with van der Waals surface area (Å²) >= 11 is 0. The van der Waals surface area contributed by atoms with Crippen LogP contribution in [0.3, 0.4) is 0 Å². The highest BCUT2D eigenvalue weighted by atomic mass is 19.1. The second-order valence-corrected chi connectivity index (χ2v) is 6.28. The molecule has 1 fully saturated rings. The Morgan fingerprint density at radius 2 is 1.85 bits per heavy atom. The summed E-state index contributed by atoms with van der Waals surface area (Å²) in [7, 11) is 0. The van der Waals surface area contributed by atoms with Gasteiger partial charge in [-0.15, -0.1) is 0 Å². The lowest BCUT2D eigenvalue weighted by Gasteiger charge is -2.29. The van der Waals surface area contributed by atoms with Gasteiger partial charge < -0.3 is 10.2 Å². The van der Waals surface area contributed by atoms with Gasteiger partial charge in [0.05, 0.1) is 5.69 Å². The van der Waals surface area contributed by atoms with E-state index in [-0.39, 0.29) is 11.9 Å². The van der Waals surface area contributed by atoms with E-state index < -0.39 is 0 Å². The Labute approximate surface area is 122 Å².